The first-order valence-corrected chi connectivity index (χ1v) is 9.51. The van der Waals surface area contributed by atoms with Crippen LogP contribution in [-0.2, 0) is 16.1 Å². The smallest absolute Gasteiger partial charge is 0.309 e. The number of ether oxygens (including phenoxy) is 1. The number of carbonyl (C=O) groups is 1. The van der Waals surface area contributed by atoms with Crippen LogP contribution in [0.3, 0.4) is 0 Å². The minimum Gasteiger partial charge on any atom is -0.469 e. The van der Waals surface area contributed by atoms with Gasteiger partial charge in [-0.25, -0.2) is 0 Å². The number of pyridine rings is 1. The fourth-order valence-electron chi connectivity index (χ4n) is 3.56. The van der Waals surface area contributed by atoms with E-state index in [-0.39, 0.29) is 17.3 Å². The highest BCUT2D eigenvalue weighted by Crippen LogP contribution is 2.36. The number of halogens is 1. The van der Waals surface area contributed by atoms with E-state index in [2.05, 4.69) is 35.8 Å². The molecule has 0 aromatic carbocycles. The minimum absolute atomic E-state index is 0.113. The Labute approximate surface area is 164 Å². The second kappa shape index (κ2) is 7.98. The van der Waals surface area contributed by atoms with E-state index in [0.29, 0.717) is 35.4 Å². The van der Waals surface area contributed by atoms with Gasteiger partial charge in [0.05, 0.1) is 25.3 Å². The molecule has 6 nitrogen and oxygen atoms in total. The number of methoxy groups -OCH3 is 1. The zero-order chi connectivity index (χ0) is 19.6. The number of likely N-dealkylation sites (tertiary alicyclic amines) is 1. The van der Waals surface area contributed by atoms with Gasteiger partial charge < -0.3 is 9.26 Å². The molecule has 0 unspecified atom stereocenters. The van der Waals surface area contributed by atoms with Crippen molar-refractivity contribution in [3.8, 4) is 11.4 Å². The topological polar surface area (TPSA) is 68.5 Å². The van der Waals surface area contributed by atoms with E-state index in [0.717, 1.165) is 18.7 Å². The van der Waals surface area contributed by atoms with E-state index in [1.807, 2.05) is 6.07 Å². The number of esters is 1. The Balaban J connectivity index is 1.74. The molecule has 2 aromatic heterocycles. The molecule has 0 radical (unpaired) electrons. The summed E-state index contributed by atoms with van der Waals surface area (Å²) in [6, 6.07) is 5.36. The lowest BCUT2D eigenvalue weighted by Crippen LogP contribution is -2.46. The van der Waals surface area contributed by atoms with Crippen molar-refractivity contribution in [1.29, 1.82) is 0 Å². The predicted molar refractivity (Wildman–Crippen MR) is 103 cm³/mol. The number of nitrogens with zero attached hydrogens (tertiary/aromatic N) is 3. The summed E-state index contributed by atoms with van der Waals surface area (Å²) < 4.78 is 10.5. The first kappa shape index (κ1) is 19.8. The van der Waals surface area contributed by atoms with Crippen LogP contribution in [0.4, 0.5) is 0 Å². The highest BCUT2D eigenvalue weighted by atomic mass is 35.5. The molecule has 1 fully saturated rings. The SMILES string of the molecule is COC(=O)[C@@H]1C[C@@H](C(C)(C)C)CN(Cc2cc(-c3cc(Cl)ccn3)no2)C1. The van der Waals surface area contributed by atoms with Crippen molar-refractivity contribution in [2.45, 2.75) is 33.7 Å². The van der Waals surface area contributed by atoms with Crippen molar-refractivity contribution in [1.82, 2.24) is 15.0 Å². The maximum atomic E-state index is 12.2. The summed E-state index contributed by atoms with van der Waals surface area (Å²) >= 11 is 6.02. The van der Waals surface area contributed by atoms with Crippen molar-refractivity contribution in [3.63, 3.8) is 0 Å². The van der Waals surface area contributed by atoms with Crippen molar-refractivity contribution in [3.05, 3.63) is 35.2 Å². The maximum Gasteiger partial charge on any atom is 0.309 e. The summed E-state index contributed by atoms with van der Waals surface area (Å²) in [5.41, 5.74) is 1.44. The van der Waals surface area contributed by atoms with Gasteiger partial charge >= 0.3 is 5.97 Å². The molecule has 1 aliphatic rings. The Kier molecular flexibility index (Phi) is 5.86. The van der Waals surface area contributed by atoms with Crippen molar-refractivity contribution in [2.24, 2.45) is 17.3 Å². The molecular weight excluding hydrogens is 366 g/mol. The third-order valence-corrected chi connectivity index (χ3v) is 5.44. The molecule has 0 bridgehead atoms. The largest absolute Gasteiger partial charge is 0.469 e. The Morgan fingerprint density at radius 1 is 1.33 bits per heavy atom. The summed E-state index contributed by atoms with van der Waals surface area (Å²) in [7, 11) is 1.45. The molecule has 0 amide bonds. The molecule has 0 saturated carbocycles. The molecule has 2 aromatic rings. The molecule has 2 atom stereocenters. The number of hydrogen-bond donors (Lipinski definition) is 0. The van der Waals surface area contributed by atoms with Crippen LogP contribution in [0.1, 0.15) is 33.0 Å². The summed E-state index contributed by atoms with van der Waals surface area (Å²) in [5.74, 6) is 0.873. The average molecular weight is 392 g/mol. The van der Waals surface area contributed by atoms with Crippen molar-refractivity contribution in [2.75, 3.05) is 20.2 Å². The van der Waals surface area contributed by atoms with E-state index in [1.165, 1.54) is 7.11 Å². The van der Waals surface area contributed by atoms with Crippen LogP contribution in [-0.4, -0.2) is 41.2 Å². The third-order valence-electron chi connectivity index (χ3n) is 5.21. The summed E-state index contributed by atoms with van der Waals surface area (Å²) in [4.78, 5) is 18.7. The second-order valence-electron chi connectivity index (χ2n) is 8.25. The standard InChI is InChI=1S/C20H26ClN3O3/c1-20(2,3)14-7-13(19(25)26-4)10-24(11-14)12-16-9-18(23-27-16)17-8-15(21)5-6-22-17/h5-6,8-9,13-14H,7,10-12H2,1-4H3/t13-,14-/m1/s1. The van der Waals surface area contributed by atoms with Gasteiger partial charge in [-0.05, 0) is 29.9 Å². The molecule has 0 spiro atoms. The third kappa shape index (κ3) is 4.87. The number of hydrogen-bond acceptors (Lipinski definition) is 6. The molecule has 146 valence electrons. The van der Waals surface area contributed by atoms with E-state index < -0.39 is 0 Å². The van der Waals surface area contributed by atoms with Crippen LogP contribution in [0.15, 0.2) is 28.9 Å². The first-order valence-electron chi connectivity index (χ1n) is 9.14. The lowest BCUT2D eigenvalue weighted by atomic mass is 9.73. The fraction of sp³-hybridized carbons (Fsp3) is 0.550. The van der Waals surface area contributed by atoms with Crippen LogP contribution < -0.4 is 0 Å². The Hall–Kier alpha value is -1.92. The molecule has 3 heterocycles. The number of piperidine rings is 1. The molecular formula is C20H26ClN3O3. The average Bonchev–Trinajstić information content (AvgIpc) is 3.08. The van der Waals surface area contributed by atoms with E-state index in [4.69, 9.17) is 20.9 Å². The van der Waals surface area contributed by atoms with Crippen LogP contribution in [0.5, 0.6) is 0 Å². The molecule has 0 aliphatic carbocycles. The van der Waals surface area contributed by atoms with Gasteiger partial charge in [-0.1, -0.05) is 37.5 Å². The van der Waals surface area contributed by atoms with E-state index in [1.54, 1.807) is 18.3 Å². The fourth-order valence-corrected chi connectivity index (χ4v) is 3.72. The Morgan fingerprint density at radius 2 is 2.11 bits per heavy atom. The molecule has 0 N–H and O–H groups in total. The zero-order valence-electron chi connectivity index (χ0n) is 16.2. The lowest BCUT2D eigenvalue weighted by molar-refractivity contribution is -0.149. The van der Waals surface area contributed by atoms with Gasteiger partial charge in [0.2, 0.25) is 0 Å². The molecule has 3 rings (SSSR count). The summed E-state index contributed by atoms with van der Waals surface area (Å²) in [6.45, 7) is 8.80. The summed E-state index contributed by atoms with van der Waals surface area (Å²) in [5, 5.41) is 4.72. The van der Waals surface area contributed by atoms with Crippen LogP contribution in [0.25, 0.3) is 11.4 Å². The van der Waals surface area contributed by atoms with E-state index in [9.17, 15) is 4.79 Å². The van der Waals surface area contributed by atoms with Gasteiger partial charge in [0, 0.05) is 30.4 Å². The van der Waals surface area contributed by atoms with Gasteiger partial charge in [0.15, 0.2) is 5.76 Å². The molecule has 27 heavy (non-hydrogen) atoms. The number of rotatable bonds is 4. The van der Waals surface area contributed by atoms with E-state index >= 15 is 0 Å². The van der Waals surface area contributed by atoms with Crippen molar-refractivity contribution >= 4 is 17.6 Å². The number of carbonyl (C=O) groups excluding carboxylic acids is 1. The van der Waals surface area contributed by atoms with Crippen LogP contribution >= 0.6 is 11.6 Å². The second-order valence-corrected chi connectivity index (χ2v) is 8.69. The van der Waals surface area contributed by atoms with Crippen LogP contribution in [0, 0.1) is 17.3 Å². The highest BCUT2D eigenvalue weighted by molar-refractivity contribution is 6.30. The monoisotopic (exact) mass is 391 g/mol. The first-order chi connectivity index (χ1) is 12.8. The normalized spacial score (nSPS) is 21.2. The van der Waals surface area contributed by atoms with Gasteiger partial charge in [-0.3, -0.25) is 14.7 Å². The van der Waals surface area contributed by atoms with Gasteiger partial charge in [-0.15, -0.1) is 0 Å². The van der Waals surface area contributed by atoms with Crippen LogP contribution in [0.2, 0.25) is 5.02 Å². The predicted octanol–water partition coefficient (Wildman–Crippen LogP) is 4.05. The molecule has 1 saturated heterocycles. The summed E-state index contributed by atoms with van der Waals surface area (Å²) in [6.07, 6.45) is 2.49. The highest BCUT2D eigenvalue weighted by Gasteiger charge is 2.37. The lowest BCUT2D eigenvalue weighted by Gasteiger charge is -2.42. The molecule has 1 aliphatic heterocycles. The zero-order valence-corrected chi connectivity index (χ0v) is 17.0. The molecule has 7 heteroatoms. The quantitative estimate of drug-likeness (QED) is 0.732. The number of aromatic nitrogens is 2. The Morgan fingerprint density at radius 3 is 2.78 bits per heavy atom. The minimum atomic E-state index is -0.143. The van der Waals surface area contributed by atoms with Crippen molar-refractivity contribution < 1.29 is 14.1 Å². The Bertz CT molecular complexity index is 800. The van der Waals surface area contributed by atoms with Gasteiger partial charge in [0.25, 0.3) is 0 Å². The van der Waals surface area contributed by atoms with Gasteiger partial charge in [-0.2, -0.15) is 0 Å². The maximum absolute atomic E-state index is 12.2. The van der Waals surface area contributed by atoms with Gasteiger partial charge in [0.1, 0.15) is 5.69 Å².